The molecule has 0 unspecified atom stereocenters. The van der Waals surface area contributed by atoms with Crippen molar-refractivity contribution >= 4 is 28.5 Å². The van der Waals surface area contributed by atoms with Crippen molar-refractivity contribution in [3.05, 3.63) is 17.8 Å². The number of anilines is 1. The van der Waals surface area contributed by atoms with Crippen LogP contribution in [0.3, 0.4) is 0 Å². The van der Waals surface area contributed by atoms with Crippen LogP contribution >= 0.6 is 11.5 Å². The highest BCUT2D eigenvalue weighted by molar-refractivity contribution is 7.09. The van der Waals surface area contributed by atoms with Crippen LogP contribution in [-0.2, 0) is 6.42 Å². The molecule has 0 fully saturated rings. The monoisotopic (exact) mass is 246 g/mol. The van der Waals surface area contributed by atoms with Crippen LogP contribution in [0.1, 0.15) is 12.6 Å². The predicted octanol–water partition coefficient (Wildman–Crippen LogP) is 1.62. The van der Waals surface area contributed by atoms with Gasteiger partial charge in [-0.2, -0.15) is 0 Å². The lowest BCUT2D eigenvalue weighted by molar-refractivity contribution is 0.990. The maximum Gasteiger partial charge on any atom is 0.180 e. The fourth-order valence-corrected chi connectivity index (χ4v) is 2.33. The molecule has 0 saturated carbocycles. The lowest BCUT2D eigenvalue weighted by atomic mass is 10.3. The van der Waals surface area contributed by atoms with E-state index in [0.29, 0.717) is 11.5 Å². The number of imidazole rings is 1. The number of aryl methyl sites for hydroxylation is 1. The van der Waals surface area contributed by atoms with E-state index in [-0.39, 0.29) is 0 Å². The Kier molecular flexibility index (Phi) is 2.25. The molecule has 3 heterocycles. The number of aromatic amines is 1. The Balaban J connectivity index is 2.18. The first-order chi connectivity index (χ1) is 8.28. The summed E-state index contributed by atoms with van der Waals surface area (Å²) in [6, 6.07) is 3.62. The van der Waals surface area contributed by atoms with Crippen LogP contribution in [0.4, 0.5) is 5.82 Å². The molecule has 0 aliphatic heterocycles. The first kappa shape index (κ1) is 10.2. The molecule has 17 heavy (non-hydrogen) atoms. The number of rotatable bonds is 2. The SMILES string of the molecule is CCc1nnsc1-c1nc2nc(N)ccc2[nH]1. The van der Waals surface area contributed by atoms with Gasteiger partial charge in [-0.05, 0) is 30.1 Å². The minimum Gasteiger partial charge on any atom is -0.384 e. The van der Waals surface area contributed by atoms with E-state index in [1.807, 2.05) is 13.0 Å². The van der Waals surface area contributed by atoms with E-state index in [9.17, 15) is 0 Å². The molecule has 0 bridgehead atoms. The number of nitrogen functional groups attached to an aromatic ring is 1. The summed E-state index contributed by atoms with van der Waals surface area (Å²) in [5.74, 6) is 1.22. The largest absolute Gasteiger partial charge is 0.384 e. The van der Waals surface area contributed by atoms with Crippen molar-refractivity contribution in [3.63, 3.8) is 0 Å². The van der Waals surface area contributed by atoms with Gasteiger partial charge in [0, 0.05) is 0 Å². The van der Waals surface area contributed by atoms with Crippen molar-refractivity contribution < 1.29 is 0 Å². The smallest absolute Gasteiger partial charge is 0.180 e. The zero-order valence-electron chi connectivity index (χ0n) is 9.14. The number of H-pyrrole nitrogens is 1. The van der Waals surface area contributed by atoms with Crippen molar-refractivity contribution in [2.45, 2.75) is 13.3 Å². The second kappa shape index (κ2) is 3.77. The molecule has 3 N–H and O–H groups in total. The van der Waals surface area contributed by atoms with Crippen LogP contribution in [0.2, 0.25) is 0 Å². The van der Waals surface area contributed by atoms with Crippen LogP contribution in [0.5, 0.6) is 0 Å². The summed E-state index contributed by atoms with van der Waals surface area (Å²) in [4.78, 5) is 12.7. The molecule has 0 aromatic carbocycles. The maximum absolute atomic E-state index is 5.62. The zero-order valence-corrected chi connectivity index (χ0v) is 9.95. The second-order valence-electron chi connectivity index (χ2n) is 3.60. The average Bonchev–Trinajstić information content (AvgIpc) is 2.93. The van der Waals surface area contributed by atoms with Crippen LogP contribution in [0, 0.1) is 0 Å². The van der Waals surface area contributed by atoms with Crippen LogP contribution in [-0.4, -0.2) is 24.5 Å². The fraction of sp³-hybridized carbons (Fsp3) is 0.200. The van der Waals surface area contributed by atoms with Gasteiger partial charge in [0.25, 0.3) is 0 Å². The van der Waals surface area contributed by atoms with Gasteiger partial charge >= 0.3 is 0 Å². The number of hydrogen-bond acceptors (Lipinski definition) is 6. The van der Waals surface area contributed by atoms with Gasteiger partial charge in [0.15, 0.2) is 11.5 Å². The van der Waals surface area contributed by atoms with Crippen LogP contribution in [0.15, 0.2) is 12.1 Å². The van der Waals surface area contributed by atoms with Crippen molar-refractivity contribution in [2.24, 2.45) is 0 Å². The summed E-state index contributed by atoms with van der Waals surface area (Å²) in [7, 11) is 0. The number of pyridine rings is 1. The van der Waals surface area contributed by atoms with Crippen molar-refractivity contribution in [1.29, 1.82) is 0 Å². The fourth-order valence-electron chi connectivity index (χ4n) is 1.63. The second-order valence-corrected chi connectivity index (χ2v) is 4.35. The Morgan fingerprint density at radius 2 is 2.24 bits per heavy atom. The number of nitrogens with one attached hydrogen (secondary N) is 1. The summed E-state index contributed by atoms with van der Waals surface area (Å²) in [6.45, 7) is 2.04. The van der Waals surface area contributed by atoms with Crippen molar-refractivity contribution in [2.75, 3.05) is 5.73 Å². The molecular weight excluding hydrogens is 236 g/mol. The lowest BCUT2D eigenvalue weighted by Gasteiger charge is -1.91. The predicted molar refractivity (Wildman–Crippen MR) is 66.6 cm³/mol. The molecule has 0 aliphatic carbocycles. The number of nitrogens with two attached hydrogens (primary N) is 1. The summed E-state index contributed by atoms with van der Waals surface area (Å²) >= 11 is 1.33. The normalized spacial score (nSPS) is 11.1. The first-order valence-corrected chi connectivity index (χ1v) is 5.99. The molecule has 3 aromatic heterocycles. The Bertz CT molecular complexity index is 670. The van der Waals surface area contributed by atoms with E-state index < -0.39 is 0 Å². The van der Waals surface area contributed by atoms with Gasteiger partial charge in [0.05, 0.1) is 11.2 Å². The molecule has 0 radical (unpaired) electrons. The summed E-state index contributed by atoms with van der Waals surface area (Å²) in [5, 5.41) is 4.06. The quantitative estimate of drug-likeness (QED) is 0.716. The van der Waals surface area contributed by atoms with Crippen LogP contribution < -0.4 is 5.73 Å². The number of hydrogen-bond donors (Lipinski definition) is 2. The summed E-state index contributed by atoms with van der Waals surface area (Å²) < 4.78 is 3.94. The third kappa shape index (κ3) is 1.64. The third-order valence-electron chi connectivity index (χ3n) is 2.47. The Morgan fingerprint density at radius 3 is 3.06 bits per heavy atom. The molecule has 0 saturated heterocycles. The van der Waals surface area contributed by atoms with E-state index >= 15 is 0 Å². The molecule has 3 aromatic rings. The van der Waals surface area contributed by atoms with E-state index in [2.05, 4.69) is 24.5 Å². The van der Waals surface area contributed by atoms with Gasteiger partial charge in [0.1, 0.15) is 10.7 Å². The summed E-state index contributed by atoms with van der Waals surface area (Å²) in [6.07, 6.45) is 0.832. The molecule has 6 nitrogen and oxygen atoms in total. The molecule has 7 heteroatoms. The minimum absolute atomic E-state index is 0.466. The molecule has 0 aliphatic rings. The van der Waals surface area contributed by atoms with Gasteiger partial charge in [-0.1, -0.05) is 11.4 Å². The Hall–Kier alpha value is -2.02. The standard InChI is InChI=1S/C10H10N6S/c1-2-5-8(17-16-15-5)10-12-6-3-4-7(11)13-9(6)14-10/h3-4H,2H2,1H3,(H3,11,12,13,14). The van der Waals surface area contributed by atoms with E-state index in [1.165, 1.54) is 11.5 Å². The third-order valence-corrected chi connectivity index (χ3v) is 3.25. The van der Waals surface area contributed by atoms with Gasteiger partial charge in [0.2, 0.25) is 0 Å². The highest BCUT2D eigenvalue weighted by Gasteiger charge is 2.13. The highest BCUT2D eigenvalue weighted by atomic mass is 32.1. The van der Waals surface area contributed by atoms with E-state index in [0.717, 1.165) is 28.3 Å². The highest BCUT2D eigenvalue weighted by Crippen LogP contribution is 2.25. The maximum atomic E-state index is 5.62. The minimum atomic E-state index is 0.466. The van der Waals surface area contributed by atoms with Gasteiger partial charge in [-0.15, -0.1) is 5.10 Å². The zero-order chi connectivity index (χ0) is 11.8. The van der Waals surface area contributed by atoms with Crippen molar-refractivity contribution in [3.8, 4) is 10.7 Å². The molecule has 0 spiro atoms. The van der Waals surface area contributed by atoms with Gasteiger partial charge in [-0.3, -0.25) is 0 Å². The number of fused-ring (bicyclic) bond motifs is 1. The molecule has 0 atom stereocenters. The van der Waals surface area contributed by atoms with E-state index in [4.69, 9.17) is 5.73 Å². The van der Waals surface area contributed by atoms with Crippen LogP contribution in [0.25, 0.3) is 21.9 Å². The summed E-state index contributed by atoms with van der Waals surface area (Å²) in [5.41, 5.74) is 8.05. The average molecular weight is 246 g/mol. The Morgan fingerprint density at radius 1 is 1.35 bits per heavy atom. The van der Waals surface area contributed by atoms with Gasteiger partial charge in [-0.25, -0.2) is 9.97 Å². The van der Waals surface area contributed by atoms with Gasteiger partial charge < -0.3 is 10.7 Å². The molecule has 0 amide bonds. The molecular formula is C10H10N6S. The lowest BCUT2D eigenvalue weighted by Crippen LogP contribution is -1.88. The number of aromatic nitrogens is 5. The molecule has 3 rings (SSSR count). The number of nitrogens with zero attached hydrogens (tertiary/aromatic N) is 4. The van der Waals surface area contributed by atoms with E-state index in [1.54, 1.807) is 6.07 Å². The molecule has 86 valence electrons. The first-order valence-electron chi connectivity index (χ1n) is 5.21. The topological polar surface area (TPSA) is 93.4 Å². The Labute approximate surface area is 101 Å². The van der Waals surface area contributed by atoms with Crippen molar-refractivity contribution in [1.82, 2.24) is 24.5 Å².